The third-order valence-electron chi connectivity index (χ3n) is 3.28. The minimum Gasteiger partial charge on any atom is -0.497 e. The highest BCUT2D eigenvalue weighted by Gasteiger charge is 2.12. The molecule has 0 aliphatic carbocycles. The van der Waals surface area contributed by atoms with Crippen LogP contribution >= 0.6 is 0 Å². The van der Waals surface area contributed by atoms with Gasteiger partial charge in [0.15, 0.2) is 0 Å². The minimum absolute atomic E-state index is 0.0329. The average molecular weight is 294 g/mol. The van der Waals surface area contributed by atoms with Crippen molar-refractivity contribution in [1.29, 1.82) is 0 Å². The molecule has 0 aromatic heterocycles. The number of rotatable bonds is 9. The van der Waals surface area contributed by atoms with Crippen molar-refractivity contribution in [3.8, 4) is 11.5 Å². The Morgan fingerprint density at radius 2 is 2.14 bits per heavy atom. The molecule has 1 unspecified atom stereocenters. The number of benzene rings is 1. The Bertz CT molecular complexity index is 449. The Hall–Kier alpha value is -1.75. The molecular formula is C16H26N2O3. The fourth-order valence-electron chi connectivity index (χ4n) is 2.08. The SMILES string of the molecule is CCNC(C)c1ccc(OC)cc1OCCCC(=O)NC. The lowest BCUT2D eigenvalue weighted by Crippen LogP contribution is -2.19. The fraction of sp³-hybridized carbons (Fsp3) is 0.562. The fourth-order valence-corrected chi connectivity index (χ4v) is 2.08. The number of hydrogen-bond acceptors (Lipinski definition) is 4. The Morgan fingerprint density at radius 1 is 1.38 bits per heavy atom. The van der Waals surface area contributed by atoms with Gasteiger partial charge in [0.1, 0.15) is 11.5 Å². The van der Waals surface area contributed by atoms with Crippen LogP contribution in [-0.4, -0.2) is 33.2 Å². The number of hydrogen-bond donors (Lipinski definition) is 2. The van der Waals surface area contributed by atoms with Crippen molar-refractivity contribution >= 4 is 5.91 Å². The van der Waals surface area contributed by atoms with E-state index in [-0.39, 0.29) is 11.9 Å². The Labute approximate surface area is 127 Å². The predicted molar refractivity (Wildman–Crippen MR) is 83.9 cm³/mol. The highest BCUT2D eigenvalue weighted by molar-refractivity contribution is 5.75. The molecule has 0 fully saturated rings. The van der Waals surface area contributed by atoms with Crippen LogP contribution in [0.3, 0.4) is 0 Å². The van der Waals surface area contributed by atoms with Gasteiger partial charge in [-0.2, -0.15) is 0 Å². The van der Waals surface area contributed by atoms with E-state index in [4.69, 9.17) is 9.47 Å². The number of carbonyl (C=O) groups excluding carboxylic acids is 1. The van der Waals surface area contributed by atoms with Crippen molar-refractivity contribution in [3.05, 3.63) is 23.8 Å². The molecule has 1 aromatic carbocycles. The summed E-state index contributed by atoms with van der Waals surface area (Å²) >= 11 is 0. The van der Waals surface area contributed by atoms with Gasteiger partial charge in [-0.05, 0) is 26.0 Å². The molecule has 1 atom stereocenters. The van der Waals surface area contributed by atoms with Crippen LogP contribution in [0.4, 0.5) is 0 Å². The van der Waals surface area contributed by atoms with E-state index in [0.717, 1.165) is 23.6 Å². The van der Waals surface area contributed by atoms with Gasteiger partial charge in [-0.25, -0.2) is 0 Å². The van der Waals surface area contributed by atoms with E-state index < -0.39 is 0 Å². The first kappa shape index (κ1) is 17.3. The standard InChI is InChI=1S/C16H26N2O3/c1-5-18-12(2)14-9-8-13(20-4)11-15(14)21-10-6-7-16(19)17-3/h8-9,11-12,18H,5-7,10H2,1-4H3,(H,17,19). The molecule has 0 aliphatic heterocycles. The van der Waals surface area contributed by atoms with E-state index in [1.807, 2.05) is 18.2 Å². The molecule has 0 saturated heterocycles. The van der Waals surface area contributed by atoms with Crippen LogP contribution in [-0.2, 0) is 4.79 Å². The summed E-state index contributed by atoms with van der Waals surface area (Å²) in [7, 11) is 3.28. The Morgan fingerprint density at radius 3 is 2.76 bits per heavy atom. The van der Waals surface area contributed by atoms with Gasteiger partial charge >= 0.3 is 0 Å². The summed E-state index contributed by atoms with van der Waals surface area (Å²) in [5.41, 5.74) is 1.09. The van der Waals surface area contributed by atoms with Gasteiger partial charge in [-0.1, -0.05) is 13.0 Å². The summed E-state index contributed by atoms with van der Waals surface area (Å²) in [6, 6.07) is 6.04. The highest BCUT2D eigenvalue weighted by Crippen LogP contribution is 2.29. The zero-order chi connectivity index (χ0) is 15.7. The normalized spacial score (nSPS) is 11.8. The van der Waals surface area contributed by atoms with Gasteiger partial charge in [0.2, 0.25) is 5.91 Å². The number of carbonyl (C=O) groups is 1. The number of nitrogens with one attached hydrogen (secondary N) is 2. The topological polar surface area (TPSA) is 59.6 Å². The van der Waals surface area contributed by atoms with Gasteiger partial charge in [0.05, 0.1) is 13.7 Å². The second-order valence-electron chi connectivity index (χ2n) is 4.81. The maximum atomic E-state index is 11.2. The maximum absolute atomic E-state index is 11.2. The maximum Gasteiger partial charge on any atom is 0.219 e. The average Bonchev–Trinajstić information content (AvgIpc) is 2.51. The lowest BCUT2D eigenvalue weighted by molar-refractivity contribution is -0.120. The van der Waals surface area contributed by atoms with E-state index in [2.05, 4.69) is 24.5 Å². The number of methoxy groups -OCH3 is 1. The smallest absolute Gasteiger partial charge is 0.219 e. The van der Waals surface area contributed by atoms with Crippen LogP contribution in [0.15, 0.2) is 18.2 Å². The monoisotopic (exact) mass is 294 g/mol. The molecule has 118 valence electrons. The summed E-state index contributed by atoms with van der Waals surface area (Å²) in [6.07, 6.45) is 1.16. The first-order valence-corrected chi connectivity index (χ1v) is 7.37. The van der Waals surface area contributed by atoms with E-state index in [1.165, 1.54) is 0 Å². The van der Waals surface area contributed by atoms with Crippen molar-refractivity contribution < 1.29 is 14.3 Å². The second-order valence-corrected chi connectivity index (χ2v) is 4.81. The lowest BCUT2D eigenvalue weighted by atomic mass is 10.1. The Kier molecular flexibility index (Phi) is 7.61. The van der Waals surface area contributed by atoms with E-state index in [0.29, 0.717) is 19.4 Å². The summed E-state index contributed by atoms with van der Waals surface area (Å²) in [6.45, 7) is 5.57. The third-order valence-corrected chi connectivity index (χ3v) is 3.28. The van der Waals surface area contributed by atoms with Crippen LogP contribution < -0.4 is 20.1 Å². The van der Waals surface area contributed by atoms with Crippen LogP contribution in [0.1, 0.15) is 38.3 Å². The van der Waals surface area contributed by atoms with Crippen molar-refractivity contribution in [2.75, 3.05) is 27.3 Å². The third kappa shape index (κ3) is 5.63. The van der Waals surface area contributed by atoms with Gasteiger partial charge < -0.3 is 20.1 Å². The largest absolute Gasteiger partial charge is 0.497 e. The first-order chi connectivity index (χ1) is 10.1. The van der Waals surface area contributed by atoms with Crippen LogP contribution in [0, 0.1) is 0 Å². The molecule has 0 saturated carbocycles. The number of ether oxygens (including phenoxy) is 2. The molecular weight excluding hydrogens is 268 g/mol. The van der Waals surface area contributed by atoms with Gasteiger partial charge in [0.25, 0.3) is 0 Å². The van der Waals surface area contributed by atoms with E-state index in [9.17, 15) is 4.79 Å². The predicted octanol–water partition coefficient (Wildman–Crippen LogP) is 2.27. The molecule has 1 aromatic rings. The molecule has 21 heavy (non-hydrogen) atoms. The Balaban J connectivity index is 2.70. The molecule has 1 rings (SSSR count). The van der Waals surface area contributed by atoms with Crippen molar-refractivity contribution in [1.82, 2.24) is 10.6 Å². The molecule has 1 amide bonds. The van der Waals surface area contributed by atoms with Crippen LogP contribution in [0.2, 0.25) is 0 Å². The molecule has 5 nitrogen and oxygen atoms in total. The molecule has 2 N–H and O–H groups in total. The van der Waals surface area contributed by atoms with Crippen LogP contribution in [0.25, 0.3) is 0 Å². The van der Waals surface area contributed by atoms with E-state index >= 15 is 0 Å². The minimum atomic E-state index is 0.0329. The second kappa shape index (κ2) is 9.23. The van der Waals surface area contributed by atoms with Crippen LogP contribution in [0.5, 0.6) is 11.5 Å². The first-order valence-electron chi connectivity index (χ1n) is 7.37. The molecule has 0 heterocycles. The summed E-state index contributed by atoms with van der Waals surface area (Å²) in [5.74, 6) is 1.61. The molecule has 0 bridgehead atoms. The molecule has 5 heteroatoms. The molecule has 0 radical (unpaired) electrons. The summed E-state index contributed by atoms with van der Waals surface area (Å²) in [5, 5.41) is 5.98. The van der Waals surface area contributed by atoms with E-state index in [1.54, 1.807) is 14.2 Å². The van der Waals surface area contributed by atoms with Gasteiger partial charge in [0, 0.05) is 31.1 Å². The van der Waals surface area contributed by atoms with Crippen molar-refractivity contribution in [2.45, 2.75) is 32.7 Å². The quantitative estimate of drug-likeness (QED) is 0.686. The van der Waals surface area contributed by atoms with Gasteiger partial charge in [-0.15, -0.1) is 0 Å². The molecule has 0 aliphatic rings. The zero-order valence-electron chi connectivity index (χ0n) is 13.4. The highest BCUT2D eigenvalue weighted by atomic mass is 16.5. The van der Waals surface area contributed by atoms with Gasteiger partial charge in [-0.3, -0.25) is 4.79 Å². The summed E-state index contributed by atoms with van der Waals surface area (Å²) < 4.78 is 11.1. The molecule has 0 spiro atoms. The number of amides is 1. The summed E-state index contributed by atoms with van der Waals surface area (Å²) in [4.78, 5) is 11.2. The lowest BCUT2D eigenvalue weighted by Gasteiger charge is -2.18. The zero-order valence-corrected chi connectivity index (χ0v) is 13.4. The van der Waals surface area contributed by atoms with Crippen molar-refractivity contribution in [3.63, 3.8) is 0 Å². The van der Waals surface area contributed by atoms with Crippen molar-refractivity contribution in [2.24, 2.45) is 0 Å².